The number of carboxylic acid groups (broad SMARTS) is 1. The number of hydrogen-bond donors (Lipinski definition) is 2. The predicted molar refractivity (Wildman–Crippen MR) is 61.2 cm³/mol. The topological polar surface area (TPSA) is 67.2 Å². The number of carbonyl (C=O) groups is 1. The number of aliphatic carboxylic acids is 1. The molecule has 0 unspecified atom stereocenters. The van der Waals surface area contributed by atoms with E-state index in [2.05, 4.69) is 24.3 Å². The Morgan fingerprint density at radius 3 is 2.94 bits per heavy atom. The monoisotopic (exact) mass is 225 g/mol. The van der Waals surface area contributed by atoms with Gasteiger partial charge in [0.1, 0.15) is 0 Å². The first-order valence-corrected chi connectivity index (χ1v) is 5.55. The van der Waals surface area contributed by atoms with Crippen LogP contribution >= 0.6 is 0 Å². The van der Waals surface area contributed by atoms with Crippen molar-refractivity contribution in [1.29, 1.82) is 0 Å². The van der Waals surface area contributed by atoms with E-state index >= 15 is 0 Å². The number of aromatic nitrogens is 2. The molecule has 0 radical (unpaired) electrons. The summed E-state index contributed by atoms with van der Waals surface area (Å²) in [5.74, 6) is -0.741. The van der Waals surface area contributed by atoms with Crippen LogP contribution in [0.1, 0.15) is 38.3 Å². The highest BCUT2D eigenvalue weighted by Crippen LogP contribution is 2.04. The van der Waals surface area contributed by atoms with Crippen LogP contribution in [-0.4, -0.2) is 27.4 Å². The maximum absolute atomic E-state index is 10.3. The molecular weight excluding hydrogens is 206 g/mol. The van der Waals surface area contributed by atoms with Crippen molar-refractivity contribution >= 4 is 5.97 Å². The Balaban J connectivity index is 2.19. The van der Waals surface area contributed by atoms with Crippen LogP contribution in [0.4, 0.5) is 0 Å². The van der Waals surface area contributed by atoms with E-state index in [9.17, 15) is 4.79 Å². The van der Waals surface area contributed by atoms with Gasteiger partial charge in [0.15, 0.2) is 0 Å². The van der Waals surface area contributed by atoms with Gasteiger partial charge in [-0.25, -0.2) is 0 Å². The molecule has 0 aromatic carbocycles. The fraction of sp³-hybridized carbons (Fsp3) is 0.636. The third-order valence-electron chi connectivity index (χ3n) is 2.26. The molecule has 0 aliphatic rings. The lowest BCUT2D eigenvalue weighted by Crippen LogP contribution is -2.15. The second kappa shape index (κ2) is 6.27. The van der Waals surface area contributed by atoms with Gasteiger partial charge in [-0.1, -0.05) is 0 Å². The van der Waals surface area contributed by atoms with Crippen molar-refractivity contribution in [3.8, 4) is 0 Å². The smallest absolute Gasteiger partial charge is 0.303 e. The number of nitrogens with zero attached hydrogens (tertiary/aromatic N) is 2. The van der Waals surface area contributed by atoms with Crippen LogP contribution < -0.4 is 5.32 Å². The Morgan fingerprint density at radius 1 is 1.62 bits per heavy atom. The number of carboxylic acids is 1. The highest BCUT2D eigenvalue weighted by atomic mass is 16.4. The fourth-order valence-corrected chi connectivity index (χ4v) is 1.35. The van der Waals surface area contributed by atoms with Crippen LogP contribution in [-0.2, 0) is 11.3 Å². The van der Waals surface area contributed by atoms with Crippen molar-refractivity contribution < 1.29 is 9.90 Å². The first-order valence-electron chi connectivity index (χ1n) is 5.55. The summed E-state index contributed by atoms with van der Waals surface area (Å²) < 4.78 is 1.91. The first-order chi connectivity index (χ1) is 7.59. The van der Waals surface area contributed by atoms with E-state index < -0.39 is 5.97 Å². The number of rotatable bonds is 7. The highest BCUT2D eigenvalue weighted by Gasteiger charge is 2.01. The summed E-state index contributed by atoms with van der Waals surface area (Å²) in [6.07, 6.45) is 4.73. The van der Waals surface area contributed by atoms with E-state index in [1.165, 1.54) is 0 Å². The van der Waals surface area contributed by atoms with Crippen molar-refractivity contribution in [2.24, 2.45) is 0 Å². The molecular formula is C11H19N3O2. The zero-order valence-electron chi connectivity index (χ0n) is 9.81. The average molecular weight is 225 g/mol. The van der Waals surface area contributed by atoms with Crippen molar-refractivity contribution in [2.45, 2.75) is 39.3 Å². The molecule has 1 heterocycles. The lowest BCUT2D eigenvalue weighted by molar-refractivity contribution is -0.137. The Kier molecular flexibility index (Phi) is 4.98. The zero-order valence-corrected chi connectivity index (χ0v) is 9.81. The second-order valence-electron chi connectivity index (χ2n) is 4.10. The fourth-order valence-electron chi connectivity index (χ4n) is 1.35. The molecule has 90 valence electrons. The lowest BCUT2D eigenvalue weighted by Gasteiger charge is -2.03. The third-order valence-corrected chi connectivity index (χ3v) is 2.26. The minimum atomic E-state index is -0.741. The molecule has 0 bridgehead atoms. The van der Waals surface area contributed by atoms with Crippen LogP contribution in [0.15, 0.2) is 12.4 Å². The maximum atomic E-state index is 10.3. The van der Waals surface area contributed by atoms with Crippen molar-refractivity contribution in [3.05, 3.63) is 18.0 Å². The Labute approximate surface area is 95.5 Å². The first kappa shape index (κ1) is 12.7. The van der Waals surface area contributed by atoms with Crippen LogP contribution in [0.2, 0.25) is 0 Å². The van der Waals surface area contributed by atoms with E-state index in [0.717, 1.165) is 18.7 Å². The van der Waals surface area contributed by atoms with E-state index in [1.54, 1.807) is 0 Å². The summed E-state index contributed by atoms with van der Waals surface area (Å²) in [5, 5.41) is 15.9. The lowest BCUT2D eigenvalue weighted by atomic mass is 10.3. The largest absolute Gasteiger partial charge is 0.481 e. The van der Waals surface area contributed by atoms with Crippen LogP contribution in [0, 0.1) is 0 Å². The molecule has 0 aliphatic carbocycles. The van der Waals surface area contributed by atoms with Gasteiger partial charge in [0, 0.05) is 30.8 Å². The summed E-state index contributed by atoms with van der Waals surface area (Å²) in [6.45, 7) is 5.62. The molecule has 0 saturated carbocycles. The van der Waals surface area contributed by atoms with Gasteiger partial charge in [-0.05, 0) is 26.8 Å². The zero-order chi connectivity index (χ0) is 12.0. The van der Waals surface area contributed by atoms with Gasteiger partial charge >= 0.3 is 5.97 Å². The molecule has 0 amide bonds. The van der Waals surface area contributed by atoms with Gasteiger partial charge in [-0.2, -0.15) is 5.10 Å². The van der Waals surface area contributed by atoms with Gasteiger partial charge in [-0.3, -0.25) is 9.48 Å². The normalized spacial score (nSPS) is 10.9. The summed E-state index contributed by atoms with van der Waals surface area (Å²) >= 11 is 0. The number of hydrogen-bond acceptors (Lipinski definition) is 3. The minimum absolute atomic E-state index is 0.220. The van der Waals surface area contributed by atoms with Crippen LogP contribution in [0.3, 0.4) is 0 Å². The molecule has 0 atom stereocenters. The standard InChI is InChI=1S/C11H19N3O2/c1-9(2)14-8-10(7-13-14)6-12-5-3-4-11(15)16/h7-9,12H,3-6H2,1-2H3,(H,15,16). The average Bonchev–Trinajstić information content (AvgIpc) is 2.65. The molecule has 0 saturated heterocycles. The van der Waals surface area contributed by atoms with E-state index in [-0.39, 0.29) is 6.42 Å². The van der Waals surface area contributed by atoms with Gasteiger partial charge < -0.3 is 10.4 Å². The second-order valence-corrected chi connectivity index (χ2v) is 4.10. The predicted octanol–water partition coefficient (Wildman–Crippen LogP) is 1.42. The third kappa shape index (κ3) is 4.44. The molecule has 0 aliphatic heterocycles. The highest BCUT2D eigenvalue weighted by molar-refractivity contribution is 5.66. The quantitative estimate of drug-likeness (QED) is 0.689. The van der Waals surface area contributed by atoms with Crippen LogP contribution in [0.25, 0.3) is 0 Å². The summed E-state index contributed by atoms with van der Waals surface area (Å²) in [6, 6.07) is 0.376. The van der Waals surface area contributed by atoms with Gasteiger partial charge in [0.2, 0.25) is 0 Å². The maximum Gasteiger partial charge on any atom is 0.303 e. The van der Waals surface area contributed by atoms with Gasteiger partial charge in [-0.15, -0.1) is 0 Å². The van der Waals surface area contributed by atoms with Gasteiger partial charge in [0.25, 0.3) is 0 Å². The summed E-state index contributed by atoms with van der Waals surface area (Å²) in [5.41, 5.74) is 1.13. The Morgan fingerprint density at radius 2 is 2.38 bits per heavy atom. The van der Waals surface area contributed by atoms with E-state index in [0.29, 0.717) is 12.5 Å². The molecule has 2 N–H and O–H groups in total. The SMILES string of the molecule is CC(C)n1cc(CNCCCC(=O)O)cn1. The van der Waals surface area contributed by atoms with Crippen molar-refractivity contribution in [3.63, 3.8) is 0 Å². The van der Waals surface area contributed by atoms with Gasteiger partial charge in [0.05, 0.1) is 6.20 Å². The molecule has 5 nitrogen and oxygen atoms in total. The molecule has 0 spiro atoms. The van der Waals surface area contributed by atoms with E-state index in [1.807, 2.05) is 17.1 Å². The van der Waals surface area contributed by atoms with Crippen molar-refractivity contribution in [2.75, 3.05) is 6.54 Å². The molecule has 0 fully saturated rings. The summed E-state index contributed by atoms with van der Waals surface area (Å²) in [4.78, 5) is 10.3. The minimum Gasteiger partial charge on any atom is -0.481 e. The summed E-state index contributed by atoms with van der Waals surface area (Å²) in [7, 11) is 0. The Hall–Kier alpha value is -1.36. The molecule has 16 heavy (non-hydrogen) atoms. The molecule has 1 rings (SSSR count). The van der Waals surface area contributed by atoms with E-state index in [4.69, 9.17) is 5.11 Å². The number of nitrogens with one attached hydrogen (secondary N) is 1. The molecule has 5 heteroatoms. The molecule has 1 aromatic rings. The van der Waals surface area contributed by atoms with Crippen LogP contribution in [0.5, 0.6) is 0 Å². The molecule has 1 aromatic heterocycles. The Bertz CT molecular complexity index is 334. The van der Waals surface area contributed by atoms with Crippen molar-refractivity contribution in [1.82, 2.24) is 15.1 Å².